The van der Waals surface area contributed by atoms with Crippen molar-refractivity contribution in [3.8, 4) is 0 Å². The lowest BCUT2D eigenvalue weighted by atomic mass is 10.3. The third kappa shape index (κ3) is 26.4. The summed E-state index contributed by atoms with van der Waals surface area (Å²) in [6.07, 6.45) is 0.853. The number of nitrogens with zero attached hydrogens (tertiary/aromatic N) is 3. The van der Waals surface area contributed by atoms with E-state index in [4.69, 9.17) is 33.2 Å². The van der Waals surface area contributed by atoms with E-state index in [1.807, 2.05) is 14.7 Å². The first kappa shape index (κ1) is 44.8. The molecule has 0 fully saturated rings. The fourth-order valence-corrected chi connectivity index (χ4v) is 5.43. The third-order valence-electron chi connectivity index (χ3n) is 6.96. The van der Waals surface area contributed by atoms with Gasteiger partial charge in [-0.25, -0.2) is 0 Å². The van der Waals surface area contributed by atoms with Crippen molar-refractivity contribution in [2.75, 3.05) is 100 Å². The van der Waals surface area contributed by atoms with E-state index >= 15 is 0 Å². The van der Waals surface area contributed by atoms with Gasteiger partial charge < -0.3 is 44.3 Å². The van der Waals surface area contributed by atoms with Gasteiger partial charge in [-0.15, -0.1) is 33.2 Å². The molecule has 0 radical (unpaired) electrons. The fourth-order valence-electron chi connectivity index (χ4n) is 4.10. The number of esters is 4. The van der Waals surface area contributed by atoms with E-state index in [1.165, 1.54) is 28.4 Å². The minimum atomic E-state index is -2.94. The minimum absolute atomic E-state index is 0.142. The molecule has 0 saturated heterocycles. The SMILES string of the molecule is COC(=O)CCN(CCNC(=O)CCN(CCC(=O)NCCN(CCC(=O)OC)CCC(=O)OC)CC[Si](Cl)(Cl)Cl)CCC(=O)OC. The van der Waals surface area contributed by atoms with Crippen LogP contribution in [0.25, 0.3) is 0 Å². The Morgan fingerprint density at radius 1 is 0.468 bits per heavy atom. The highest BCUT2D eigenvalue weighted by Gasteiger charge is 2.26. The molecule has 0 aromatic rings. The van der Waals surface area contributed by atoms with Crippen molar-refractivity contribution < 1.29 is 47.7 Å². The van der Waals surface area contributed by atoms with Gasteiger partial charge in [-0.2, -0.15) is 0 Å². The van der Waals surface area contributed by atoms with Crippen molar-refractivity contribution in [2.24, 2.45) is 0 Å². The van der Waals surface area contributed by atoms with E-state index in [1.54, 1.807) is 0 Å². The van der Waals surface area contributed by atoms with Gasteiger partial charge in [-0.3, -0.25) is 28.8 Å². The van der Waals surface area contributed by atoms with Gasteiger partial charge in [0.05, 0.1) is 54.1 Å². The largest absolute Gasteiger partial charge is 0.469 e. The maximum Gasteiger partial charge on any atom is 0.342 e. The molecule has 0 bridgehead atoms. The molecule has 0 rings (SSSR count). The van der Waals surface area contributed by atoms with Crippen LogP contribution in [-0.2, 0) is 47.7 Å². The predicted octanol–water partition coefficient (Wildman–Crippen LogP) is 0.813. The number of carbonyl (C=O) groups excluding carboxylic acids is 6. The molecule has 0 aliphatic carbocycles. The van der Waals surface area contributed by atoms with Crippen molar-refractivity contribution in [3.05, 3.63) is 0 Å². The monoisotopic (exact) mass is 749 g/mol. The smallest absolute Gasteiger partial charge is 0.342 e. The van der Waals surface area contributed by atoms with Crippen molar-refractivity contribution in [3.63, 3.8) is 0 Å². The van der Waals surface area contributed by atoms with E-state index in [0.29, 0.717) is 78.0 Å². The molecule has 0 aliphatic rings. The number of halogens is 3. The summed E-state index contributed by atoms with van der Waals surface area (Å²) < 4.78 is 18.7. The number of hydrogen-bond donors (Lipinski definition) is 2. The summed E-state index contributed by atoms with van der Waals surface area (Å²) in [4.78, 5) is 77.0. The Kier molecular flexibility index (Phi) is 25.4. The molecule has 47 heavy (non-hydrogen) atoms. The van der Waals surface area contributed by atoms with Gasteiger partial charge in [0, 0.05) is 78.3 Å². The maximum atomic E-state index is 12.6. The van der Waals surface area contributed by atoms with Gasteiger partial charge in [0.15, 0.2) is 0 Å². The molecular formula is C28H50Cl3N5O10Si. The second-order valence-corrected chi connectivity index (χ2v) is 19.7. The van der Waals surface area contributed by atoms with Crippen LogP contribution < -0.4 is 10.6 Å². The lowest BCUT2D eigenvalue weighted by molar-refractivity contribution is -0.142. The number of carbonyl (C=O) groups is 6. The molecular weight excluding hydrogens is 701 g/mol. The number of ether oxygens (including phenoxy) is 4. The summed E-state index contributed by atoms with van der Waals surface area (Å²) in [5.41, 5.74) is 0. The molecule has 2 N–H and O–H groups in total. The van der Waals surface area contributed by atoms with Gasteiger partial charge in [0.1, 0.15) is 0 Å². The molecule has 0 aromatic carbocycles. The van der Waals surface area contributed by atoms with Crippen LogP contribution in [-0.4, -0.2) is 157 Å². The van der Waals surface area contributed by atoms with Crippen molar-refractivity contribution in [1.29, 1.82) is 0 Å². The molecule has 0 aromatic heterocycles. The average molecular weight is 751 g/mol. The van der Waals surface area contributed by atoms with Gasteiger partial charge in [-0.05, 0) is 12.6 Å². The molecule has 2 amide bonds. The lowest BCUT2D eigenvalue weighted by Gasteiger charge is -2.24. The molecule has 0 heterocycles. The predicted molar refractivity (Wildman–Crippen MR) is 179 cm³/mol. The summed E-state index contributed by atoms with van der Waals surface area (Å²) in [5, 5.41) is 5.68. The van der Waals surface area contributed by atoms with Crippen LogP contribution in [0.1, 0.15) is 38.5 Å². The van der Waals surface area contributed by atoms with Crippen molar-refractivity contribution in [2.45, 2.75) is 44.6 Å². The number of rotatable bonds is 27. The number of methoxy groups -OCH3 is 4. The third-order valence-corrected chi connectivity index (χ3v) is 9.45. The lowest BCUT2D eigenvalue weighted by Crippen LogP contribution is -2.40. The van der Waals surface area contributed by atoms with E-state index in [9.17, 15) is 28.8 Å². The number of amides is 2. The van der Waals surface area contributed by atoms with Crippen LogP contribution in [0.15, 0.2) is 0 Å². The Morgan fingerprint density at radius 3 is 1.02 bits per heavy atom. The summed E-state index contributed by atoms with van der Waals surface area (Å²) in [5.74, 6) is -1.95. The van der Waals surface area contributed by atoms with E-state index in [0.717, 1.165) is 0 Å². The summed E-state index contributed by atoms with van der Waals surface area (Å²) >= 11 is 18.2. The summed E-state index contributed by atoms with van der Waals surface area (Å²) in [7, 11) is 5.20. The first-order chi connectivity index (χ1) is 22.2. The summed E-state index contributed by atoms with van der Waals surface area (Å²) in [6, 6.07) is -2.62. The zero-order chi connectivity index (χ0) is 35.7. The Hall–Kier alpha value is -2.21. The van der Waals surface area contributed by atoms with Gasteiger partial charge in [0.25, 0.3) is 0 Å². The highest BCUT2D eigenvalue weighted by Crippen LogP contribution is 2.25. The molecule has 272 valence electrons. The highest BCUT2D eigenvalue weighted by molar-refractivity contribution is 7.64. The van der Waals surface area contributed by atoms with E-state index in [-0.39, 0.29) is 74.2 Å². The zero-order valence-electron chi connectivity index (χ0n) is 27.8. The van der Waals surface area contributed by atoms with Gasteiger partial charge in [0.2, 0.25) is 11.8 Å². The Labute approximate surface area is 292 Å². The quantitative estimate of drug-likeness (QED) is 0.0524. The average Bonchev–Trinajstić information content (AvgIpc) is 3.04. The van der Waals surface area contributed by atoms with Crippen LogP contribution in [0.3, 0.4) is 0 Å². The minimum Gasteiger partial charge on any atom is -0.469 e. The highest BCUT2D eigenvalue weighted by atomic mass is 35.8. The van der Waals surface area contributed by atoms with Crippen LogP contribution in [0.4, 0.5) is 0 Å². The van der Waals surface area contributed by atoms with Crippen molar-refractivity contribution in [1.82, 2.24) is 25.3 Å². The van der Waals surface area contributed by atoms with Crippen molar-refractivity contribution >= 4 is 74.9 Å². The van der Waals surface area contributed by atoms with Crippen LogP contribution in [0.5, 0.6) is 0 Å². The normalized spacial score (nSPS) is 11.4. The zero-order valence-corrected chi connectivity index (χ0v) is 31.1. The Morgan fingerprint density at radius 2 is 0.745 bits per heavy atom. The van der Waals surface area contributed by atoms with Crippen LogP contribution >= 0.6 is 33.2 Å². The number of hydrogen-bond acceptors (Lipinski definition) is 13. The Bertz CT molecular complexity index is 872. The maximum absolute atomic E-state index is 12.6. The molecule has 0 saturated carbocycles. The summed E-state index contributed by atoms with van der Waals surface area (Å²) in [6.45, 7) is 3.88. The van der Waals surface area contributed by atoms with Crippen LogP contribution in [0, 0.1) is 0 Å². The molecule has 15 nitrogen and oxygen atoms in total. The molecule has 19 heteroatoms. The molecule has 0 spiro atoms. The van der Waals surface area contributed by atoms with E-state index < -0.39 is 6.00 Å². The molecule has 0 atom stereocenters. The Balaban J connectivity index is 4.86. The fraction of sp³-hybridized carbons (Fsp3) is 0.786. The molecule has 0 unspecified atom stereocenters. The second kappa shape index (κ2) is 26.7. The first-order valence-electron chi connectivity index (χ1n) is 15.3. The number of nitrogens with one attached hydrogen (secondary N) is 2. The van der Waals surface area contributed by atoms with Crippen LogP contribution in [0.2, 0.25) is 6.04 Å². The van der Waals surface area contributed by atoms with Gasteiger partial charge in [-0.1, -0.05) is 0 Å². The topological polar surface area (TPSA) is 173 Å². The van der Waals surface area contributed by atoms with E-state index in [2.05, 4.69) is 29.6 Å². The first-order valence-corrected chi connectivity index (χ1v) is 20.5. The molecule has 0 aliphatic heterocycles. The standard InChI is InChI=1S/C28H50Cl3N5O10Si/c1-43-25(39)7-15-34(16-8-26(40)44-2)19-11-32-23(37)5-13-36(21-22-47(29,30)31)14-6-24(38)33-12-20-35(17-9-27(41)45-3)18-10-28(42)46-4/h5-22H2,1-4H3,(H,32,37)(H,33,38). The second-order valence-electron chi connectivity index (χ2n) is 10.4. The van der Waals surface area contributed by atoms with Gasteiger partial charge >= 0.3 is 29.9 Å².